The maximum absolute atomic E-state index is 6.29. The Morgan fingerprint density at radius 3 is 3.00 bits per heavy atom. The van der Waals surface area contributed by atoms with Crippen molar-refractivity contribution in [2.24, 2.45) is 11.7 Å². The van der Waals surface area contributed by atoms with Crippen LogP contribution in [0.15, 0.2) is 36.0 Å². The summed E-state index contributed by atoms with van der Waals surface area (Å²) in [7, 11) is 0. The minimum Gasteiger partial charge on any atom is -0.324 e. The lowest BCUT2D eigenvalue weighted by molar-refractivity contribution is 0.468. The van der Waals surface area contributed by atoms with E-state index in [4.69, 9.17) is 5.73 Å². The van der Waals surface area contributed by atoms with E-state index in [9.17, 15) is 0 Å². The standard InChI is InChI=1S/C13H14N2S/c14-13-10(6-11-7-15-8-16-11)5-9-3-1-2-4-12(9)13/h1-4,7-8,10,13H,5-6,14H2. The smallest absolute Gasteiger partial charge is 0.0794 e. The van der Waals surface area contributed by atoms with Crippen LogP contribution in [0, 0.1) is 5.92 Å². The molecule has 0 bridgehead atoms. The number of nitrogens with two attached hydrogens (primary N) is 1. The average Bonchev–Trinajstić information content (AvgIpc) is 2.90. The Balaban J connectivity index is 1.82. The Bertz CT molecular complexity index is 476. The van der Waals surface area contributed by atoms with Crippen LogP contribution in [0.1, 0.15) is 22.0 Å². The van der Waals surface area contributed by atoms with Crippen molar-refractivity contribution in [3.05, 3.63) is 52.0 Å². The lowest BCUT2D eigenvalue weighted by Gasteiger charge is -2.14. The Hall–Kier alpha value is -1.19. The molecule has 3 rings (SSSR count). The van der Waals surface area contributed by atoms with Crippen molar-refractivity contribution in [3.8, 4) is 0 Å². The van der Waals surface area contributed by atoms with Crippen molar-refractivity contribution in [3.63, 3.8) is 0 Å². The van der Waals surface area contributed by atoms with Crippen LogP contribution in [0.4, 0.5) is 0 Å². The molecule has 0 spiro atoms. The zero-order valence-electron chi connectivity index (χ0n) is 8.97. The van der Waals surface area contributed by atoms with Crippen molar-refractivity contribution in [2.45, 2.75) is 18.9 Å². The summed E-state index contributed by atoms with van der Waals surface area (Å²) in [5, 5.41) is 0. The summed E-state index contributed by atoms with van der Waals surface area (Å²) in [5.41, 5.74) is 10.9. The molecule has 0 saturated heterocycles. The number of rotatable bonds is 2. The maximum atomic E-state index is 6.29. The molecule has 16 heavy (non-hydrogen) atoms. The van der Waals surface area contributed by atoms with Gasteiger partial charge in [-0.1, -0.05) is 24.3 Å². The summed E-state index contributed by atoms with van der Waals surface area (Å²) in [6.45, 7) is 0. The Kier molecular flexibility index (Phi) is 2.50. The first-order chi connectivity index (χ1) is 7.84. The van der Waals surface area contributed by atoms with Crippen LogP contribution in [0.25, 0.3) is 0 Å². The minimum atomic E-state index is 0.193. The molecule has 0 saturated carbocycles. The normalized spacial score (nSPS) is 23.3. The van der Waals surface area contributed by atoms with Crippen LogP contribution in [0.3, 0.4) is 0 Å². The van der Waals surface area contributed by atoms with Crippen LogP contribution < -0.4 is 5.73 Å². The van der Waals surface area contributed by atoms with Crippen molar-refractivity contribution in [1.82, 2.24) is 4.98 Å². The molecule has 0 fully saturated rings. The van der Waals surface area contributed by atoms with Gasteiger partial charge in [-0.15, -0.1) is 11.3 Å². The zero-order valence-corrected chi connectivity index (χ0v) is 9.78. The van der Waals surface area contributed by atoms with Gasteiger partial charge in [-0.05, 0) is 29.9 Å². The topological polar surface area (TPSA) is 38.9 Å². The molecule has 0 radical (unpaired) electrons. The molecule has 1 heterocycles. The molecule has 82 valence electrons. The number of aromatic nitrogens is 1. The SMILES string of the molecule is NC1c2ccccc2CC1Cc1cncs1. The summed E-state index contributed by atoms with van der Waals surface area (Å²) in [5.74, 6) is 0.540. The van der Waals surface area contributed by atoms with Gasteiger partial charge < -0.3 is 5.73 Å². The third-order valence-corrected chi connectivity index (χ3v) is 4.15. The van der Waals surface area contributed by atoms with Gasteiger partial charge in [0.1, 0.15) is 0 Å². The second-order valence-corrected chi connectivity index (χ2v) is 5.33. The zero-order chi connectivity index (χ0) is 11.0. The summed E-state index contributed by atoms with van der Waals surface area (Å²) in [4.78, 5) is 5.46. The minimum absolute atomic E-state index is 0.193. The van der Waals surface area contributed by atoms with Gasteiger partial charge in [0, 0.05) is 17.1 Å². The molecule has 3 heteroatoms. The molecule has 1 aromatic heterocycles. The molecule has 2 aromatic rings. The van der Waals surface area contributed by atoms with E-state index in [0.717, 1.165) is 12.8 Å². The molecule has 2 N–H and O–H groups in total. The van der Waals surface area contributed by atoms with Crippen LogP contribution >= 0.6 is 11.3 Å². The van der Waals surface area contributed by atoms with E-state index in [1.807, 2.05) is 11.7 Å². The highest BCUT2D eigenvalue weighted by atomic mass is 32.1. The first-order valence-electron chi connectivity index (χ1n) is 5.55. The Labute approximate surface area is 99.1 Å². The quantitative estimate of drug-likeness (QED) is 0.861. The second-order valence-electron chi connectivity index (χ2n) is 4.36. The van der Waals surface area contributed by atoms with Gasteiger partial charge in [-0.25, -0.2) is 0 Å². The lowest BCUT2D eigenvalue weighted by Crippen LogP contribution is -2.18. The molecule has 1 aliphatic rings. The number of fused-ring (bicyclic) bond motifs is 1. The predicted molar refractivity (Wildman–Crippen MR) is 66.4 cm³/mol. The maximum Gasteiger partial charge on any atom is 0.0794 e. The monoisotopic (exact) mass is 230 g/mol. The molecule has 0 amide bonds. The summed E-state index contributed by atoms with van der Waals surface area (Å²) in [6.07, 6.45) is 4.12. The van der Waals surface area contributed by atoms with E-state index in [1.165, 1.54) is 16.0 Å². The fourth-order valence-corrected chi connectivity index (χ4v) is 3.20. The number of hydrogen-bond acceptors (Lipinski definition) is 3. The summed E-state index contributed by atoms with van der Waals surface area (Å²) in [6, 6.07) is 8.72. The fraction of sp³-hybridized carbons (Fsp3) is 0.308. The highest BCUT2D eigenvalue weighted by Gasteiger charge is 2.29. The lowest BCUT2D eigenvalue weighted by atomic mass is 9.97. The van der Waals surface area contributed by atoms with Crippen molar-refractivity contribution >= 4 is 11.3 Å². The van der Waals surface area contributed by atoms with Crippen molar-refractivity contribution in [1.29, 1.82) is 0 Å². The molecule has 2 unspecified atom stereocenters. The van der Waals surface area contributed by atoms with E-state index < -0.39 is 0 Å². The first-order valence-corrected chi connectivity index (χ1v) is 6.43. The molecule has 2 atom stereocenters. The molecule has 0 aliphatic heterocycles. The van der Waals surface area contributed by atoms with E-state index >= 15 is 0 Å². The van der Waals surface area contributed by atoms with E-state index in [0.29, 0.717) is 5.92 Å². The molecule has 1 aromatic carbocycles. The van der Waals surface area contributed by atoms with Gasteiger partial charge in [-0.3, -0.25) is 4.98 Å². The summed E-state index contributed by atoms with van der Waals surface area (Å²) < 4.78 is 0. The van der Waals surface area contributed by atoms with E-state index in [-0.39, 0.29) is 6.04 Å². The van der Waals surface area contributed by atoms with Gasteiger partial charge in [-0.2, -0.15) is 0 Å². The van der Waals surface area contributed by atoms with Crippen LogP contribution in [0.5, 0.6) is 0 Å². The third kappa shape index (κ3) is 1.66. The largest absolute Gasteiger partial charge is 0.324 e. The second kappa shape index (κ2) is 4.00. The number of hydrogen-bond donors (Lipinski definition) is 1. The fourth-order valence-electron chi connectivity index (χ4n) is 2.51. The molecule has 2 nitrogen and oxygen atoms in total. The van der Waals surface area contributed by atoms with Crippen LogP contribution in [-0.2, 0) is 12.8 Å². The van der Waals surface area contributed by atoms with Crippen molar-refractivity contribution < 1.29 is 0 Å². The number of thiazole rings is 1. The van der Waals surface area contributed by atoms with Gasteiger partial charge in [0.25, 0.3) is 0 Å². The molecular formula is C13H14N2S. The van der Waals surface area contributed by atoms with Gasteiger partial charge in [0.05, 0.1) is 5.51 Å². The predicted octanol–water partition coefficient (Wildman–Crippen LogP) is 2.56. The first kappa shape index (κ1) is 10.00. The van der Waals surface area contributed by atoms with E-state index in [1.54, 1.807) is 11.3 Å². The molecular weight excluding hydrogens is 216 g/mol. The highest BCUT2D eigenvalue weighted by molar-refractivity contribution is 7.09. The third-order valence-electron chi connectivity index (χ3n) is 3.35. The van der Waals surface area contributed by atoms with Crippen LogP contribution in [0.2, 0.25) is 0 Å². The van der Waals surface area contributed by atoms with Crippen LogP contribution in [-0.4, -0.2) is 4.98 Å². The Morgan fingerprint density at radius 2 is 2.25 bits per heavy atom. The summed E-state index contributed by atoms with van der Waals surface area (Å²) >= 11 is 1.72. The average molecular weight is 230 g/mol. The van der Waals surface area contributed by atoms with Gasteiger partial charge >= 0.3 is 0 Å². The number of nitrogens with zero attached hydrogens (tertiary/aromatic N) is 1. The number of benzene rings is 1. The van der Waals surface area contributed by atoms with Gasteiger partial charge in [0.15, 0.2) is 0 Å². The Morgan fingerprint density at radius 1 is 1.38 bits per heavy atom. The molecule has 1 aliphatic carbocycles. The van der Waals surface area contributed by atoms with E-state index in [2.05, 4.69) is 29.2 Å². The highest BCUT2D eigenvalue weighted by Crippen LogP contribution is 2.36. The van der Waals surface area contributed by atoms with Gasteiger partial charge in [0.2, 0.25) is 0 Å². The van der Waals surface area contributed by atoms with Crippen molar-refractivity contribution in [2.75, 3.05) is 0 Å².